The summed E-state index contributed by atoms with van der Waals surface area (Å²) in [5.41, 5.74) is 0.298. The van der Waals surface area contributed by atoms with Crippen LogP contribution in [0.2, 0.25) is 0 Å². The fourth-order valence-corrected chi connectivity index (χ4v) is 2.48. The van der Waals surface area contributed by atoms with Gasteiger partial charge in [0.15, 0.2) is 0 Å². The minimum Gasteiger partial charge on any atom is -0.345 e. The van der Waals surface area contributed by atoms with Gasteiger partial charge in [-0.25, -0.2) is 4.39 Å². The number of halogens is 5. The number of anilines is 2. The summed E-state index contributed by atoms with van der Waals surface area (Å²) in [6.07, 6.45) is -4.43. The number of rotatable bonds is 3. The second-order valence-corrected chi connectivity index (χ2v) is 5.07. The van der Waals surface area contributed by atoms with Crippen LogP contribution in [-0.4, -0.2) is 7.05 Å². The smallest absolute Gasteiger partial charge is 0.345 e. The zero-order chi connectivity index (χ0) is 15.6. The van der Waals surface area contributed by atoms with Crippen LogP contribution in [0.25, 0.3) is 0 Å². The monoisotopic (exact) mass is 361 g/mol. The molecule has 0 amide bonds. The lowest BCUT2D eigenvalue weighted by Crippen LogP contribution is -2.13. The molecule has 2 aromatic carbocycles. The third kappa shape index (κ3) is 3.56. The van der Waals surface area contributed by atoms with Crippen LogP contribution >= 0.6 is 15.9 Å². The van der Waals surface area contributed by atoms with E-state index < -0.39 is 17.6 Å². The molecule has 0 heterocycles. The first-order valence-corrected chi connectivity index (χ1v) is 7.20. The summed E-state index contributed by atoms with van der Waals surface area (Å²) in [4.78, 5) is 1.51. The quantitative estimate of drug-likeness (QED) is 0.514. The molecule has 0 fully saturated rings. The second kappa shape index (κ2) is 6.05. The molecule has 0 aliphatic carbocycles. The van der Waals surface area contributed by atoms with Gasteiger partial charge in [-0.3, -0.25) is 0 Å². The van der Waals surface area contributed by atoms with Crippen molar-refractivity contribution in [2.45, 2.75) is 11.5 Å². The molecule has 1 nitrogen and oxygen atoms in total. The highest BCUT2D eigenvalue weighted by Crippen LogP contribution is 2.36. The molecule has 0 atom stereocenters. The first-order valence-electron chi connectivity index (χ1n) is 6.08. The highest BCUT2D eigenvalue weighted by molar-refractivity contribution is 9.08. The van der Waals surface area contributed by atoms with Crippen molar-refractivity contribution in [3.63, 3.8) is 0 Å². The Morgan fingerprint density at radius 3 is 2.29 bits per heavy atom. The topological polar surface area (TPSA) is 3.24 Å². The van der Waals surface area contributed by atoms with E-state index in [1.165, 1.54) is 29.2 Å². The summed E-state index contributed by atoms with van der Waals surface area (Å²) < 4.78 is 52.4. The molecule has 0 aliphatic rings. The molecule has 0 saturated carbocycles. The molecule has 0 N–H and O–H groups in total. The Balaban J connectivity index is 2.45. The third-order valence-corrected chi connectivity index (χ3v) is 3.73. The molecule has 0 radical (unpaired) electrons. The summed E-state index contributed by atoms with van der Waals surface area (Å²) in [5, 5.41) is 0.117. The first kappa shape index (κ1) is 15.8. The maximum absolute atomic E-state index is 13.2. The van der Waals surface area contributed by atoms with E-state index in [4.69, 9.17) is 0 Å². The predicted molar refractivity (Wildman–Crippen MR) is 78.5 cm³/mol. The van der Waals surface area contributed by atoms with Gasteiger partial charge in [-0.05, 0) is 35.9 Å². The molecular weight excluding hydrogens is 350 g/mol. The van der Waals surface area contributed by atoms with Gasteiger partial charge in [0.25, 0.3) is 0 Å². The fraction of sp³-hybridized carbons (Fsp3) is 0.200. The minimum atomic E-state index is -4.43. The molecule has 2 rings (SSSR count). The van der Waals surface area contributed by atoms with E-state index in [1.807, 2.05) is 0 Å². The Kier molecular flexibility index (Phi) is 4.56. The van der Waals surface area contributed by atoms with Gasteiger partial charge in [0.05, 0.1) is 5.56 Å². The number of hydrogen-bond donors (Lipinski definition) is 0. The van der Waals surface area contributed by atoms with Gasteiger partial charge in [-0.2, -0.15) is 13.2 Å². The van der Waals surface area contributed by atoms with Crippen LogP contribution in [0.15, 0.2) is 42.5 Å². The Morgan fingerprint density at radius 2 is 1.71 bits per heavy atom. The van der Waals surface area contributed by atoms with Crippen molar-refractivity contribution in [1.82, 2.24) is 0 Å². The molecule has 0 unspecified atom stereocenters. The Morgan fingerprint density at radius 1 is 1.05 bits per heavy atom. The first-order chi connectivity index (χ1) is 9.82. The fourth-order valence-electron chi connectivity index (χ4n) is 1.99. The molecule has 0 bridgehead atoms. The average Bonchev–Trinajstić information content (AvgIpc) is 2.45. The molecule has 2 aromatic rings. The number of alkyl halides is 4. The van der Waals surface area contributed by atoms with Crippen LogP contribution in [0.1, 0.15) is 11.1 Å². The summed E-state index contributed by atoms with van der Waals surface area (Å²) in [6, 6.07) is 9.77. The maximum Gasteiger partial charge on any atom is 0.416 e. The largest absolute Gasteiger partial charge is 0.416 e. The van der Waals surface area contributed by atoms with Gasteiger partial charge >= 0.3 is 6.18 Å². The van der Waals surface area contributed by atoms with Crippen molar-refractivity contribution in [3.05, 3.63) is 59.4 Å². The van der Waals surface area contributed by atoms with E-state index in [0.717, 1.165) is 6.07 Å². The van der Waals surface area contributed by atoms with E-state index >= 15 is 0 Å². The second-order valence-electron chi connectivity index (χ2n) is 4.51. The van der Waals surface area contributed by atoms with Gasteiger partial charge in [0.1, 0.15) is 5.82 Å². The van der Waals surface area contributed by atoms with E-state index in [9.17, 15) is 17.6 Å². The van der Waals surface area contributed by atoms with Crippen molar-refractivity contribution in [2.24, 2.45) is 0 Å². The molecule has 0 saturated heterocycles. The highest BCUT2D eigenvalue weighted by Gasteiger charge is 2.33. The zero-order valence-electron chi connectivity index (χ0n) is 11.1. The van der Waals surface area contributed by atoms with Crippen LogP contribution in [0.3, 0.4) is 0 Å². The maximum atomic E-state index is 13.2. The van der Waals surface area contributed by atoms with Crippen molar-refractivity contribution in [1.29, 1.82) is 0 Å². The summed E-state index contributed by atoms with van der Waals surface area (Å²) in [7, 11) is 1.60. The average molecular weight is 362 g/mol. The molecule has 0 aliphatic heterocycles. The standard InChI is InChI=1S/C15H12BrF4N/c1-21(12-4-2-3-11(17)7-12)13-6-5-10(9-16)14(8-13)15(18,19)20/h2-8H,9H2,1H3. The summed E-state index contributed by atoms with van der Waals surface area (Å²) in [5.74, 6) is -0.438. The zero-order valence-corrected chi connectivity index (χ0v) is 12.7. The number of benzene rings is 2. The van der Waals surface area contributed by atoms with Crippen LogP contribution in [0.4, 0.5) is 28.9 Å². The van der Waals surface area contributed by atoms with Crippen LogP contribution in [0.5, 0.6) is 0 Å². The van der Waals surface area contributed by atoms with Gasteiger partial charge in [0, 0.05) is 23.8 Å². The lowest BCUT2D eigenvalue weighted by Gasteiger charge is -2.22. The molecule has 112 valence electrons. The van der Waals surface area contributed by atoms with E-state index in [-0.39, 0.29) is 10.9 Å². The molecular formula is C15H12BrF4N. The normalized spacial score (nSPS) is 11.5. The summed E-state index contributed by atoms with van der Waals surface area (Å²) in [6.45, 7) is 0. The van der Waals surface area contributed by atoms with Gasteiger partial charge < -0.3 is 4.90 Å². The van der Waals surface area contributed by atoms with Gasteiger partial charge in [0.2, 0.25) is 0 Å². The van der Waals surface area contributed by atoms with Crippen molar-refractivity contribution >= 4 is 27.3 Å². The van der Waals surface area contributed by atoms with Crippen molar-refractivity contribution in [2.75, 3.05) is 11.9 Å². The number of nitrogens with zero attached hydrogens (tertiary/aromatic N) is 1. The van der Waals surface area contributed by atoms with Gasteiger partial charge in [-0.15, -0.1) is 0 Å². The molecule has 0 spiro atoms. The molecule has 21 heavy (non-hydrogen) atoms. The number of hydrogen-bond acceptors (Lipinski definition) is 1. The lowest BCUT2D eigenvalue weighted by molar-refractivity contribution is -0.138. The van der Waals surface area contributed by atoms with Crippen LogP contribution in [0, 0.1) is 5.82 Å². The molecule has 6 heteroatoms. The summed E-state index contributed by atoms with van der Waals surface area (Å²) >= 11 is 3.05. The molecule has 0 aromatic heterocycles. The Hall–Kier alpha value is -1.56. The van der Waals surface area contributed by atoms with Crippen molar-refractivity contribution < 1.29 is 17.6 Å². The SMILES string of the molecule is CN(c1cccc(F)c1)c1ccc(CBr)c(C(F)(F)F)c1. The lowest BCUT2D eigenvalue weighted by atomic mass is 10.1. The van der Waals surface area contributed by atoms with Crippen LogP contribution in [-0.2, 0) is 11.5 Å². The highest BCUT2D eigenvalue weighted by atomic mass is 79.9. The van der Waals surface area contributed by atoms with E-state index in [0.29, 0.717) is 11.4 Å². The van der Waals surface area contributed by atoms with Crippen LogP contribution < -0.4 is 4.90 Å². The van der Waals surface area contributed by atoms with Crippen molar-refractivity contribution in [3.8, 4) is 0 Å². The third-order valence-electron chi connectivity index (χ3n) is 3.13. The Bertz CT molecular complexity index is 640. The van der Waals surface area contributed by atoms with Gasteiger partial charge in [-0.1, -0.05) is 28.1 Å². The minimum absolute atomic E-state index is 0.117. The van der Waals surface area contributed by atoms with E-state index in [1.54, 1.807) is 19.2 Å². The van der Waals surface area contributed by atoms with E-state index in [2.05, 4.69) is 15.9 Å². The predicted octanol–water partition coefficient (Wildman–Crippen LogP) is 5.51. The Labute approximate surface area is 128 Å².